The van der Waals surface area contributed by atoms with Gasteiger partial charge in [0, 0.05) is 107 Å². The SMILES string of the molecule is COc1cc2c(cc1OCCCOc1cc3c(cc1C)C(=O)N1CCC[C@@]1(C)C=N3)N=CC1Cc3ccc(N(C)C(=O)OCc4ccc(NC(=O)[C@H](C)NC(=O)[C@@H](NC(=O)CCOCCOCCOCCOCCOCCOCCOCCOCCCNC(=O)CCN5C(=O)C=CC5=O)C(C)C)cc4)cc3CN1C2=O. The molecule has 5 aliphatic rings. The van der Waals surface area contributed by atoms with E-state index < -0.39 is 47.3 Å². The number of nitrogens with one attached hydrogen (secondary N) is 4. The first-order valence-corrected chi connectivity index (χ1v) is 37.5. The van der Waals surface area contributed by atoms with Crippen molar-refractivity contribution in [2.45, 2.75) is 116 Å². The molecular weight excluding hydrogens is 1420 g/mol. The second-order valence-electron chi connectivity index (χ2n) is 27.4. The molecule has 31 heteroatoms. The maximum absolute atomic E-state index is 14.4. The van der Waals surface area contributed by atoms with E-state index in [-0.39, 0.29) is 87.9 Å². The van der Waals surface area contributed by atoms with Gasteiger partial charge in [0.05, 0.1) is 154 Å². The highest BCUT2D eigenvalue weighted by Crippen LogP contribution is 2.41. The van der Waals surface area contributed by atoms with Crippen molar-refractivity contribution >= 4 is 88.5 Å². The van der Waals surface area contributed by atoms with E-state index in [2.05, 4.69) is 28.2 Å². The van der Waals surface area contributed by atoms with E-state index in [0.29, 0.717) is 188 Å². The summed E-state index contributed by atoms with van der Waals surface area (Å²) in [6, 6.07) is 17.3. The number of imide groups is 1. The predicted octanol–water partition coefficient (Wildman–Crippen LogP) is 6.55. The van der Waals surface area contributed by atoms with Gasteiger partial charge in [-0.1, -0.05) is 32.0 Å². The molecular formula is C79H104N10O21. The third-order valence-electron chi connectivity index (χ3n) is 18.8. The van der Waals surface area contributed by atoms with Crippen molar-refractivity contribution in [3.05, 3.63) is 112 Å². The Labute approximate surface area is 641 Å². The van der Waals surface area contributed by atoms with E-state index >= 15 is 0 Å². The molecule has 9 rings (SSSR count). The van der Waals surface area contributed by atoms with Crippen LogP contribution in [0.1, 0.15) is 109 Å². The minimum Gasteiger partial charge on any atom is -0.493 e. The highest BCUT2D eigenvalue weighted by Gasteiger charge is 2.42. The monoisotopic (exact) mass is 1530 g/mol. The number of methoxy groups -OCH3 is 1. The summed E-state index contributed by atoms with van der Waals surface area (Å²) in [7, 11) is 3.13. The van der Waals surface area contributed by atoms with E-state index in [1.807, 2.05) is 48.4 Å². The fraction of sp³-hybridized carbons (Fsp3) is 0.532. The number of hydrogen-bond acceptors (Lipinski definition) is 23. The summed E-state index contributed by atoms with van der Waals surface area (Å²) in [4.78, 5) is 131. The van der Waals surface area contributed by atoms with Crippen LogP contribution in [-0.2, 0) is 91.0 Å². The third-order valence-corrected chi connectivity index (χ3v) is 18.8. The number of aryl methyl sites for hydroxylation is 1. The maximum atomic E-state index is 14.4. The number of aliphatic imine (C=N–C) groups is 2. The van der Waals surface area contributed by atoms with Gasteiger partial charge in [0.25, 0.3) is 23.6 Å². The summed E-state index contributed by atoms with van der Waals surface area (Å²) >= 11 is 0. The highest BCUT2D eigenvalue weighted by atomic mass is 16.6. The van der Waals surface area contributed by atoms with Crippen molar-refractivity contribution in [2.75, 3.05) is 163 Å². The molecule has 9 amide bonds. The molecule has 0 saturated carbocycles. The first-order chi connectivity index (χ1) is 53.2. The molecule has 5 heterocycles. The number of rotatable bonds is 47. The fourth-order valence-corrected chi connectivity index (χ4v) is 12.5. The Morgan fingerprint density at radius 2 is 1.21 bits per heavy atom. The van der Waals surface area contributed by atoms with Crippen LogP contribution in [0.2, 0.25) is 0 Å². The van der Waals surface area contributed by atoms with Gasteiger partial charge in [0.15, 0.2) is 11.5 Å². The number of amides is 9. The minimum absolute atomic E-state index is 0.00564. The largest absolute Gasteiger partial charge is 0.493 e. The Morgan fingerprint density at radius 1 is 0.618 bits per heavy atom. The predicted molar refractivity (Wildman–Crippen MR) is 406 cm³/mol. The van der Waals surface area contributed by atoms with E-state index in [1.54, 1.807) is 75.3 Å². The molecule has 596 valence electrons. The lowest BCUT2D eigenvalue weighted by atomic mass is 9.93. The molecule has 0 radical (unpaired) electrons. The standard InChI is InChI=1S/C79H104N10O21/c1-53(2)73(85-70(91)20-28-101-30-32-103-34-36-105-38-40-107-42-41-106-39-37-104-35-33-102-31-29-100-25-9-22-80-69(90)19-24-87-71(92)17-18-72(87)93)75(95)83-55(4)74(94)84-59-14-11-56(12-15-59)51-110-78(98)86(6)60-16-13-57-44-61-49-81-64-48-68(67(99-7)46-63(64)76(96)88(61)50-58(57)45-60)109-27-10-26-108-66-47-65-62(43-54(66)3)77(97)89-23-8-21-79(89,5)52-82-65/h11-18,43,45-49,52-53,55,61,73H,8-10,19-42,44,50-51H2,1-7H3,(H,80,90)(H,83,95)(H,84,94)(H,85,91)/t55-,61?,73-,79-/m0/s1. The van der Waals surface area contributed by atoms with E-state index in [4.69, 9.17) is 66.8 Å². The zero-order valence-electron chi connectivity index (χ0n) is 63.9. The molecule has 4 aromatic carbocycles. The van der Waals surface area contributed by atoms with Gasteiger partial charge in [0.2, 0.25) is 23.6 Å². The maximum Gasteiger partial charge on any atom is 0.414 e. The molecule has 4 aromatic rings. The molecule has 0 spiro atoms. The average molecular weight is 1530 g/mol. The Balaban J connectivity index is 0.569. The van der Waals surface area contributed by atoms with E-state index in [9.17, 15) is 43.2 Å². The first kappa shape index (κ1) is 84.3. The highest BCUT2D eigenvalue weighted by molar-refractivity contribution is 6.13. The number of anilines is 2. The molecule has 0 bridgehead atoms. The molecule has 1 fully saturated rings. The summed E-state index contributed by atoms with van der Waals surface area (Å²) in [5.41, 5.74) is 6.00. The second-order valence-corrected chi connectivity index (χ2v) is 27.4. The molecule has 0 aliphatic carbocycles. The van der Waals surface area contributed by atoms with Crippen LogP contribution in [0.4, 0.5) is 27.5 Å². The quantitative estimate of drug-likeness (QED) is 0.0269. The third kappa shape index (κ3) is 24.9. The summed E-state index contributed by atoms with van der Waals surface area (Å²) in [5, 5.41) is 11.0. The Hall–Kier alpha value is -9.73. The number of ether oxygens (including phenoxy) is 12. The van der Waals surface area contributed by atoms with Crippen LogP contribution >= 0.6 is 0 Å². The van der Waals surface area contributed by atoms with Crippen LogP contribution < -0.4 is 40.4 Å². The van der Waals surface area contributed by atoms with Crippen molar-refractivity contribution in [1.29, 1.82) is 0 Å². The summed E-state index contributed by atoms with van der Waals surface area (Å²) in [6.07, 6.45) is 8.97. The fourth-order valence-electron chi connectivity index (χ4n) is 12.5. The lowest BCUT2D eigenvalue weighted by Crippen LogP contribution is -2.53. The second kappa shape index (κ2) is 43.0. The van der Waals surface area contributed by atoms with Gasteiger partial charge < -0.3 is 87.9 Å². The molecule has 1 saturated heterocycles. The Kier molecular flexibility index (Phi) is 33.0. The van der Waals surface area contributed by atoms with Gasteiger partial charge in [-0.3, -0.25) is 58.1 Å². The number of benzene rings is 4. The molecule has 1 unspecified atom stereocenters. The number of fused-ring (bicyclic) bond motifs is 5. The van der Waals surface area contributed by atoms with Crippen molar-refractivity contribution in [1.82, 2.24) is 30.7 Å². The first-order valence-electron chi connectivity index (χ1n) is 37.5. The molecule has 31 nitrogen and oxygen atoms in total. The average Bonchev–Trinajstić information content (AvgIpc) is 1.59. The van der Waals surface area contributed by atoms with Crippen LogP contribution in [0, 0.1) is 12.8 Å². The van der Waals surface area contributed by atoms with Gasteiger partial charge >= 0.3 is 6.09 Å². The van der Waals surface area contributed by atoms with E-state index in [0.717, 1.165) is 34.4 Å². The molecule has 4 N–H and O–H groups in total. The van der Waals surface area contributed by atoms with Crippen LogP contribution in [0.25, 0.3) is 0 Å². The number of hydrogen-bond donors (Lipinski definition) is 4. The minimum atomic E-state index is -0.959. The van der Waals surface area contributed by atoms with Crippen molar-refractivity contribution < 1.29 is 100.0 Å². The zero-order chi connectivity index (χ0) is 78.4. The van der Waals surface area contributed by atoms with Crippen molar-refractivity contribution in [3.8, 4) is 17.2 Å². The van der Waals surface area contributed by atoms with Gasteiger partial charge in [-0.2, -0.15) is 0 Å². The lowest BCUT2D eigenvalue weighted by molar-refractivity contribution is -0.137. The lowest BCUT2D eigenvalue weighted by Gasteiger charge is -2.34. The van der Waals surface area contributed by atoms with Crippen molar-refractivity contribution in [2.24, 2.45) is 15.9 Å². The Morgan fingerprint density at radius 3 is 1.84 bits per heavy atom. The number of carbonyl (C=O) groups excluding carboxylic acids is 9. The smallest absolute Gasteiger partial charge is 0.414 e. The molecule has 110 heavy (non-hydrogen) atoms. The number of nitrogens with zero attached hydrogens (tertiary/aromatic N) is 6. The van der Waals surface area contributed by atoms with Gasteiger partial charge in [0.1, 0.15) is 24.4 Å². The van der Waals surface area contributed by atoms with Crippen LogP contribution in [0.3, 0.4) is 0 Å². The normalized spacial score (nSPS) is 16.7. The summed E-state index contributed by atoms with van der Waals surface area (Å²) in [5.74, 6) is -1.51. The summed E-state index contributed by atoms with van der Waals surface area (Å²) < 4.78 is 68.0. The van der Waals surface area contributed by atoms with Crippen LogP contribution in [0.15, 0.2) is 88.9 Å². The van der Waals surface area contributed by atoms with Gasteiger partial charge in [-0.25, -0.2) is 4.79 Å². The Bertz CT molecular complexity index is 3890. The van der Waals surface area contributed by atoms with Gasteiger partial charge in [-0.15, -0.1) is 0 Å². The number of carbonyl (C=O) groups is 9. The molecule has 5 aliphatic heterocycles. The van der Waals surface area contributed by atoms with Crippen LogP contribution in [0.5, 0.6) is 17.2 Å². The summed E-state index contributed by atoms with van der Waals surface area (Å²) in [6.45, 7) is 17.0. The topological polar surface area (TPSA) is 350 Å². The molecule has 4 atom stereocenters. The molecule has 0 aromatic heterocycles. The van der Waals surface area contributed by atoms with E-state index in [1.165, 1.54) is 24.2 Å². The zero-order valence-corrected chi connectivity index (χ0v) is 63.9. The van der Waals surface area contributed by atoms with Crippen molar-refractivity contribution in [3.63, 3.8) is 0 Å². The van der Waals surface area contributed by atoms with Gasteiger partial charge in [-0.05, 0) is 111 Å². The van der Waals surface area contributed by atoms with Crippen LogP contribution in [-0.4, -0.2) is 257 Å².